The Morgan fingerprint density at radius 1 is 1.32 bits per heavy atom. The first-order valence-corrected chi connectivity index (χ1v) is 10.9. The maximum Gasteiger partial charge on any atom is 0.220 e. The molecule has 1 N–H and O–H groups in total. The smallest absolute Gasteiger partial charge is 0.220 e. The van der Waals surface area contributed by atoms with E-state index in [1.807, 2.05) is 17.1 Å². The van der Waals surface area contributed by atoms with Crippen molar-refractivity contribution in [2.24, 2.45) is 0 Å². The summed E-state index contributed by atoms with van der Waals surface area (Å²) in [6.07, 6.45) is 8.01. The molecule has 0 atom stereocenters. The number of aromatic nitrogens is 4. The van der Waals surface area contributed by atoms with Gasteiger partial charge in [-0.05, 0) is 25.5 Å². The first-order valence-electron chi connectivity index (χ1n) is 8.58. The molecule has 25 heavy (non-hydrogen) atoms. The van der Waals surface area contributed by atoms with Crippen LogP contribution in [0.15, 0.2) is 11.4 Å². The Labute approximate surface area is 160 Å². The highest BCUT2D eigenvalue weighted by molar-refractivity contribution is 9.09. The first kappa shape index (κ1) is 18.4. The molecular formula is C16H23BrN6OS. The number of hydrogen-bond acceptors (Lipinski definition) is 6. The van der Waals surface area contributed by atoms with E-state index in [-0.39, 0.29) is 5.91 Å². The zero-order valence-electron chi connectivity index (χ0n) is 14.4. The maximum absolute atomic E-state index is 11.6. The van der Waals surface area contributed by atoms with E-state index in [0.717, 1.165) is 35.1 Å². The highest BCUT2D eigenvalue weighted by Crippen LogP contribution is 2.28. The van der Waals surface area contributed by atoms with Crippen LogP contribution in [-0.4, -0.2) is 56.9 Å². The average Bonchev–Trinajstić information content (AvgIpc) is 3.05. The van der Waals surface area contributed by atoms with Crippen LogP contribution < -0.4 is 10.2 Å². The van der Waals surface area contributed by atoms with Crippen LogP contribution in [0.1, 0.15) is 25.7 Å². The Bertz CT molecular complexity index is 731. The van der Waals surface area contributed by atoms with Crippen molar-refractivity contribution in [2.45, 2.75) is 37.4 Å². The summed E-state index contributed by atoms with van der Waals surface area (Å²) in [5.74, 6) is 1.03. The monoisotopic (exact) mass is 426 g/mol. The minimum Gasteiger partial charge on any atom is -0.356 e. The summed E-state index contributed by atoms with van der Waals surface area (Å²) in [5, 5.41) is 9.82. The fraction of sp³-hybridized carbons (Fsp3) is 0.625. The van der Waals surface area contributed by atoms with Gasteiger partial charge in [-0.2, -0.15) is 5.10 Å². The lowest BCUT2D eigenvalue weighted by Gasteiger charge is -2.28. The van der Waals surface area contributed by atoms with Gasteiger partial charge in [0.1, 0.15) is 5.82 Å². The van der Waals surface area contributed by atoms with Crippen molar-refractivity contribution in [1.29, 1.82) is 0 Å². The second-order valence-electron chi connectivity index (χ2n) is 5.98. The molecule has 1 aliphatic heterocycles. The van der Waals surface area contributed by atoms with Gasteiger partial charge in [-0.1, -0.05) is 27.7 Å². The fourth-order valence-electron chi connectivity index (χ4n) is 3.00. The van der Waals surface area contributed by atoms with Gasteiger partial charge in [0.2, 0.25) is 5.91 Å². The van der Waals surface area contributed by atoms with Crippen LogP contribution in [-0.2, 0) is 11.3 Å². The van der Waals surface area contributed by atoms with Crippen LogP contribution in [0.4, 0.5) is 5.82 Å². The second kappa shape index (κ2) is 8.84. The van der Waals surface area contributed by atoms with E-state index in [1.165, 1.54) is 19.3 Å². The van der Waals surface area contributed by atoms with E-state index in [2.05, 4.69) is 36.2 Å². The summed E-state index contributed by atoms with van der Waals surface area (Å²) < 4.78 is 1.86. The Morgan fingerprint density at radius 2 is 2.12 bits per heavy atom. The zero-order chi connectivity index (χ0) is 17.6. The van der Waals surface area contributed by atoms with Crippen molar-refractivity contribution in [3.05, 3.63) is 6.20 Å². The van der Waals surface area contributed by atoms with Crippen LogP contribution in [0.25, 0.3) is 11.0 Å². The molecule has 3 rings (SSSR count). The molecule has 1 fully saturated rings. The molecule has 1 aliphatic rings. The molecule has 0 radical (unpaired) electrons. The van der Waals surface area contributed by atoms with Crippen molar-refractivity contribution in [3.8, 4) is 0 Å². The van der Waals surface area contributed by atoms with Crippen LogP contribution in [0, 0.1) is 0 Å². The van der Waals surface area contributed by atoms with Crippen LogP contribution in [0.3, 0.4) is 0 Å². The third-order valence-electron chi connectivity index (χ3n) is 4.26. The number of fused-ring (bicyclic) bond motifs is 1. The summed E-state index contributed by atoms with van der Waals surface area (Å²) >= 11 is 4.82. The van der Waals surface area contributed by atoms with Gasteiger partial charge in [0.15, 0.2) is 10.8 Å². The molecule has 1 amide bonds. The molecule has 0 spiro atoms. The number of rotatable bonds is 7. The second-order valence-corrected chi connectivity index (χ2v) is 7.54. The third kappa shape index (κ3) is 4.44. The summed E-state index contributed by atoms with van der Waals surface area (Å²) in [6.45, 7) is 3.21. The van der Waals surface area contributed by atoms with Crippen molar-refractivity contribution < 1.29 is 4.79 Å². The molecule has 2 aromatic rings. The number of carbonyl (C=O) groups is 1. The number of nitrogens with one attached hydrogen (secondary N) is 1. The topological polar surface area (TPSA) is 75.9 Å². The Hall–Kier alpha value is -1.35. The molecule has 0 saturated carbocycles. The van der Waals surface area contributed by atoms with E-state index < -0.39 is 0 Å². The number of halogens is 1. The van der Waals surface area contributed by atoms with Crippen molar-refractivity contribution in [1.82, 2.24) is 25.1 Å². The van der Waals surface area contributed by atoms with Gasteiger partial charge in [0.05, 0.1) is 18.1 Å². The number of nitrogens with zero attached hydrogens (tertiary/aromatic N) is 5. The Kier molecular flexibility index (Phi) is 6.52. The summed E-state index contributed by atoms with van der Waals surface area (Å²) in [6, 6.07) is 0. The highest BCUT2D eigenvalue weighted by atomic mass is 79.9. The molecule has 7 nitrogen and oxygen atoms in total. The molecule has 3 heterocycles. The lowest BCUT2D eigenvalue weighted by atomic mass is 10.1. The minimum atomic E-state index is 0.0433. The molecule has 2 aromatic heterocycles. The quantitative estimate of drug-likeness (QED) is 0.416. The Balaban J connectivity index is 1.82. The largest absolute Gasteiger partial charge is 0.356 e. The van der Waals surface area contributed by atoms with Crippen LogP contribution in [0.2, 0.25) is 0 Å². The number of alkyl halides is 1. The zero-order valence-corrected chi connectivity index (χ0v) is 16.8. The van der Waals surface area contributed by atoms with Gasteiger partial charge >= 0.3 is 0 Å². The predicted molar refractivity (Wildman–Crippen MR) is 105 cm³/mol. The number of piperidine rings is 1. The van der Waals surface area contributed by atoms with Crippen molar-refractivity contribution in [2.75, 3.05) is 36.1 Å². The van der Waals surface area contributed by atoms with E-state index in [0.29, 0.717) is 24.8 Å². The molecular weight excluding hydrogens is 404 g/mol. The normalized spacial score (nSPS) is 14.9. The highest BCUT2D eigenvalue weighted by Gasteiger charge is 2.19. The van der Waals surface area contributed by atoms with Crippen LogP contribution in [0.5, 0.6) is 0 Å². The fourth-order valence-corrected chi connectivity index (χ4v) is 3.71. The van der Waals surface area contributed by atoms with Gasteiger partial charge in [-0.25, -0.2) is 14.6 Å². The summed E-state index contributed by atoms with van der Waals surface area (Å²) in [4.78, 5) is 23.3. The molecule has 0 bridgehead atoms. The average molecular weight is 427 g/mol. The number of anilines is 1. The first-order chi connectivity index (χ1) is 12.2. The molecule has 136 valence electrons. The molecule has 1 saturated heterocycles. The Morgan fingerprint density at radius 3 is 2.84 bits per heavy atom. The third-order valence-corrected chi connectivity index (χ3v) is 5.21. The molecule has 9 heteroatoms. The van der Waals surface area contributed by atoms with Gasteiger partial charge in [0.25, 0.3) is 0 Å². The number of carbonyl (C=O) groups excluding carboxylic acids is 1. The summed E-state index contributed by atoms with van der Waals surface area (Å²) in [7, 11) is 0. The van der Waals surface area contributed by atoms with E-state index in [9.17, 15) is 4.79 Å². The minimum absolute atomic E-state index is 0.0433. The predicted octanol–water partition coefficient (Wildman–Crippen LogP) is 2.44. The van der Waals surface area contributed by atoms with Crippen molar-refractivity contribution in [3.63, 3.8) is 0 Å². The molecule has 0 unspecified atom stereocenters. The number of amides is 1. The van der Waals surface area contributed by atoms with Crippen LogP contribution >= 0.6 is 27.7 Å². The molecule has 0 aromatic carbocycles. The van der Waals surface area contributed by atoms with E-state index in [4.69, 9.17) is 4.98 Å². The SMILES string of the molecule is CSc1nc(N2CCCCC2)c2cnn(CCNC(=O)CCBr)c2n1. The molecule has 0 aliphatic carbocycles. The summed E-state index contributed by atoms with van der Waals surface area (Å²) in [5.41, 5.74) is 0.842. The lowest BCUT2D eigenvalue weighted by molar-refractivity contribution is -0.120. The van der Waals surface area contributed by atoms with Gasteiger partial charge in [-0.15, -0.1) is 0 Å². The van der Waals surface area contributed by atoms with Gasteiger partial charge in [-0.3, -0.25) is 4.79 Å². The van der Waals surface area contributed by atoms with Gasteiger partial charge in [0, 0.05) is 31.4 Å². The van der Waals surface area contributed by atoms with Gasteiger partial charge < -0.3 is 10.2 Å². The number of hydrogen-bond donors (Lipinski definition) is 1. The van der Waals surface area contributed by atoms with E-state index in [1.54, 1.807) is 11.8 Å². The lowest BCUT2D eigenvalue weighted by Crippen LogP contribution is -2.30. The number of thioether (sulfide) groups is 1. The van der Waals surface area contributed by atoms with E-state index >= 15 is 0 Å². The van der Waals surface area contributed by atoms with Crippen molar-refractivity contribution >= 4 is 50.5 Å². The maximum atomic E-state index is 11.6. The standard InChI is InChI=1S/C16H23BrN6OS/c1-25-16-20-14(22-8-3-2-4-9-22)12-11-19-23(15(12)21-16)10-7-18-13(24)5-6-17/h11H,2-10H2,1H3,(H,18,24).